The van der Waals surface area contributed by atoms with E-state index in [4.69, 9.17) is 10.5 Å². The van der Waals surface area contributed by atoms with Gasteiger partial charge in [-0.25, -0.2) is 0 Å². The first kappa shape index (κ1) is 17.9. The van der Waals surface area contributed by atoms with E-state index in [-0.39, 0.29) is 0 Å². The van der Waals surface area contributed by atoms with E-state index < -0.39 is 0 Å². The quantitative estimate of drug-likeness (QED) is 0.494. The summed E-state index contributed by atoms with van der Waals surface area (Å²) in [5.41, 5.74) is 9.72. The van der Waals surface area contributed by atoms with Crippen molar-refractivity contribution in [2.24, 2.45) is 4.99 Å². The van der Waals surface area contributed by atoms with E-state index in [2.05, 4.69) is 30.9 Å². The highest BCUT2D eigenvalue weighted by molar-refractivity contribution is 5.67. The molecule has 0 aliphatic heterocycles. The Labute approximate surface area is 144 Å². The summed E-state index contributed by atoms with van der Waals surface area (Å²) in [6.45, 7) is 8.40. The van der Waals surface area contributed by atoms with Crippen LogP contribution >= 0.6 is 0 Å². The van der Waals surface area contributed by atoms with Crippen molar-refractivity contribution < 1.29 is 4.74 Å². The molecule has 4 nitrogen and oxygen atoms in total. The fourth-order valence-corrected chi connectivity index (χ4v) is 2.65. The molecule has 2 aromatic carbocycles. The summed E-state index contributed by atoms with van der Waals surface area (Å²) >= 11 is 0. The lowest BCUT2D eigenvalue weighted by Crippen LogP contribution is -2.18. The maximum absolute atomic E-state index is 6.20. The minimum absolute atomic E-state index is 0.448. The number of rotatable bonds is 9. The molecular formula is C20H27N3O. The lowest BCUT2D eigenvalue weighted by molar-refractivity contribution is 0.307. The molecule has 0 aromatic heterocycles. The van der Waals surface area contributed by atoms with Gasteiger partial charge in [0, 0.05) is 6.04 Å². The molecule has 1 unspecified atom stereocenters. The van der Waals surface area contributed by atoms with Crippen LogP contribution in [0.5, 0.6) is 5.75 Å². The molecule has 24 heavy (non-hydrogen) atoms. The number of anilines is 2. The predicted octanol–water partition coefficient (Wildman–Crippen LogP) is 5.17. The second-order valence-corrected chi connectivity index (χ2v) is 5.87. The summed E-state index contributed by atoms with van der Waals surface area (Å²) in [5.74, 6) is 0.724. The molecule has 0 bridgehead atoms. The molecule has 0 aliphatic carbocycles. The lowest BCUT2D eigenvalue weighted by atomic mass is 10.1. The summed E-state index contributed by atoms with van der Waals surface area (Å²) in [7, 11) is 0. The molecule has 3 N–H and O–H groups in total. The number of para-hydroxylation sites is 2. The molecule has 0 radical (unpaired) electrons. The first-order valence-corrected chi connectivity index (χ1v) is 8.51. The average Bonchev–Trinajstić information content (AvgIpc) is 2.61. The zero-order valence-corrected chi connectivity index (χ0v) is 14.6. The van der Waals surface area contributed by atoms with E-state index in [1.807, 2.05) is 42.5 Å². The lowest BCUT2D eigenvalue weighted by Gasteiger charge is -2.19. The van der Waals surface area contributed by atoms with Gasteiger partial charge in [0.05, 0.1) is 11.4 Å². The van der Waals surface area contributed by atoms with Crippen LogP contribution in [0, 0.1) is 0 Å². The minimum Gasteiger partial charge on any atom is -0.487 e. The number of ether oxygens (including phenoxy) is 1. The summed E-state index contributed by atoms with van der Waals surface area (Å²) in [6.07, 6.45) is 3.39. The van der Waals surface area contributed by atoms with Crippen molar-refractivity contribution in [1.29, 1.82) is 0 Å². The minimum atomic E-state index is 0.448. The number of hydrogen-bond acceptors (Lipinski definition) is 4. The van der Waals surface area contributed by atoms with Crippen LogP contribution in [0.1, 0.15) is 38.7 Å². The van der Waals surface area contributed by atoms with E-state index in [0.717, 1.165) is 47.6 Å². The number of nitrogens with two attached hydrogens (primary N) is 1. The summed E-state index contributed by atoms with van der Waals surface area (Å²) in [6, 6.07) is 14.1. The zero-order valence-electron chi connectivity index (χ0n) is 14.6. The molecule has 128 valence electrons. The van der Waals surface area contributed by atoms with E-state index in [1.54, 1.807) is 0 Å². The van der Waals surface area contributed by atoms with Gasteiger partial charge >= 0.3 is 0 Å². The first-order valence-electron chi connectivity index (χ1n) is 8.51. The van der Waals surface area contributed by atoms with Crippen molar-refractivity contribution in [3.8, 4) is 5.75 Å². The Morgan fingerprint density at radius 1 is 1.21 bits per heavy atom. The van der Waals surface area contributed by atoms with Gasteiger partial charge in [0.2, 0.25) is 0 Å². The van der Waals surface area contributed by atoms with Gasteiger partial charge in [-0.1, -0.05) is 38.5 Å². The summed E-state index contributed by atoms with van der Waals surface area (Å²) in [4.78, 5) is 3.96. The molecule has 0 spiro atoms. The number of nitrogens with one attached hydrogen (secondary N) is 1. The van der Waals surface area contributed by atoms with Gasteiger partial charge in [0.25, 0.3) is 0 Å². The molecule has 0 heterocycles. The first-order chi connectivity index (χ1) is 11.7. The second-order valence-electron chi connectivity index (χ2n) is 5.87. The largest absolute Gasteiger partial charge is 0.487 e. The van der Waals surface area contributed by atoms with Crippen LogP contribution in [0.25, 0.3) is 0 Å². The molecule has 2 aromatic rings. The molecule has 1 atom stereocenters. The predicted molar refractivity (Wildman–Crippen MR) is 103 cm³/mol. The smallest absolute Gasteiger partial charge is 0.145 e. The van der Waals surface area contributed by atoms with Crippen molar-refractivity contribution in [2.45, 2.75) is 45.8 Å². The molecule has 0 fully saturated rings. The molecule has 2 rings (SSSR count). The summed E-state index contributed by atoms with van der Waals surface area (Å²) < 4.78 is 5.84. The Balaban J connectivity index is 2.02. The molecule has 0 aliphatic rings. The highest BCUT2D eigenvalue weighted by Gasteiger charge is 2.08. The highest BCUT2D eigenvalue weighted by atomic mass is 16.5. The molecule has 0 saturated carbocycles. The third-order valence-electron chi connectivity index (χ3n) is 4.04. The Hall–Kier alpha value is -2.49. The Bertz CT molecular complexity index is 670. The molecule has 0 amide bonds. The summed E-state index contributed by atoms with van der Waals surface area (Å²) in [5, 5.41) is 3.53. The zero-order chi connectivity index (χ0) is 17.4. The third-order valence-corrected chi connectivity index (χ3v) is 4.04. The van der Waals surface area contributed by atoms with E-state index in [0.29, 0.717) is 12.6 Å². The van der Waals surface area contributed by atoms with Crippen LogP contribution in [0.4, 0.5) is 17.1 Å². The van der Waals surface area contributed by atoms with Gasteiger partial charge in [-0.15, -0.1) is 0 Å². The van der Waals surface area contributed by atoms with Crippen molar-refractivity contribution in [3.63, 3.8) is 0 Å². The Kier molecular flexibility index (Phi) is 6.67. The Morgan fingerprint density at radius 2 is 2.00 bits per heavy atom. The van der Waals surface area contributed by atoms with Crippen LogP contribution in [0.15, 0.2) is 47.5 Å². The monoisotopic (exact) mass is 325 g/mol. The highest BCUT2D eigenvalue weighted by Crippen LogP contribution is 2.28. The Morgan fingerprint density at radius 3 is 2.67 bits per heavy atom. The number of nitrogens with zero attached hydrogens (tertiary/aromatic N) is 1. The van der Waals surface area contributed by atoms with Crippen molar-refractivity contribution >= 4 is 23.8 Å². The fourth-order valence-electron chi connectivity index (χ4n) is 2.65. The topological polar surface area (TPSA) is 59.6 Å². The van der Waals surface area contributed by atoms with Crippen LogP contribution < -0.4 is 15.8 Å². The van der Waals surface area contributed by atoms with Gasteiger partial charge in [-0.05, 0) is 49.4 Å². The number of benzene rings is 2. The number of hydrogen-bond donors (Lipinski definition) is 2. The van der Waals surface area contributed by atoms with Crippen molar-refractivity contribution in [2.75, 3.05) is 11.1 Å². The molecule has 0 saturated heterocycles. The second kappa shape index (κ2) is 8.96. The maximum Gasteiger partial charge on any atom is 0.145 e. The van der Waals surface area contributed by atoms with E-state index in [1.165, 1.54) is 0 Å². The van der Waals surface area contributed by atoms with Gasteiger partial charge in [-0.3, -0.25) is 4.99 Å². The maximum atomic E-state index is 6.20. The number of nitrogen functional groups attached to an aromatic ring is 1. The third kappa shape index (κ3) is 4.75. The fraction of sp³-hybridized carbons (Fsp3) is 0.350. The molecular weight excluding hydrogens is 298 g/mol. The van der Waals surface area contributed by atoms with Gasteiger partial charge < -0.3 is 15.8 Å². The van der Waals surface area contributed by atoms with Gasteiger partial charge in [0.15, 0.2) is 0 Å². The van der Waals surface area contributed by atoms with Crippen molar-refractivity contribution in [1.82, 2.24) is 0 Å². The normalized spacial score (nSPS) is 11.8. The molecule has 4 heteroatoms. The van der Waals surface area contributed by atoms with Gasteiger partial charge in [0.1, 0.15) is 18.0 Å². The van der Waals surface area contributed by atoms with E-state index >= 15 is 0 Å². The van der Waals surface area contributed by atoms with E-state index in [9.17, 15) is 0 Å². The SMILES string of the molecule is C=Nc1ccccc1OCc1ccc(NC(CC)CCC)c(N)c1. The van der Waals surface area contributed by atoms with Crippen LogP contribution in [0.3, 0.4) is 0 Å². The van der Waals surface area contributed by atoms with Crippen LogP contribution in [-0.2, 0) is 6.61 Å². The number of aliphatic imine (C=N–C) groups is 1. The standard InChI is InChI=1S/C20H27N3O/c1-4-8-16(5-2)23-18-12-11-15(13-17(18)21)14-24-20-10-7-6-9-19(20)22-3/h6-7,9-13,16,23H,3-5,8,14,21H2,1-2H3. The van der Waals surface area contributed by atoms with Crippen molar-refractivity contribution in [3.05, 3.63) is 48.0 Å². The average molecular weight is 325 g/mol. The van der Waals surface area contributed by atoms with Crippen LogP contribution in [-0.4, -0.2) is 12.8 Å². The van der Waals surface area contributed by atoms with Crippen LogP contribution in [0.2, 0.25) is 0 Å². The van der Waals surface area contributed by atoms with Gasteiger partial charge in [-0.2, -0.15) is 0 Å².